The number of hydrogen-bond acceptors (Lipinski definition) is 6. The van der Waals surface area contributed by atoms with Crippen LogP contribution in [0.1, 0.15) is 44.9 Å². The summed E-state index contributed by atoms with van der Waals surface area (Å²) in [5.74, 6) is 3.14. The Kier molecular flexibility index (Phi) is 11.9. The van der Waals surface area contributed by atoms with Crippen molar-refractivity contribution in [3.8, 4) is 22.6 Å². The number of anilines is 12. The van der Waals surface area contributed by atoms with Gasteiger partial charge in [-0.2, -0.15) is 0 Å². The first-order valence-corrected chi connectivity index (χ1v) is 30.1. The maximum atomic E-state index is 8.18. The van der Waals surface area contributed by atoms with Crippen molar-refractivity contribution in [1.29, 1.82) is 0 Å². The summed E-state index contributed by atoms with van der Waals surface area (Å²) in [4.78, 5) is 9.47. The highest BCUT2D eigenvalue weighted by molar-refractivity contribution is 5.96. The Morgan fingerprint density at radius 1 is 0.227 bits per heavy atom. The number of rotatable bonds is 10. The van der Waals surface area contributed by atoms with Gasteiger partial charge in [-0.05, 0) is 156 Å². The highest BCUT2D eigenvalue weighted by Crippen LogP contribution is 2.70. The van der Waals surface area contributed by atoms with Crippen LogP contribution in [0.2, 0.25) is 0 Å². The standard InChI is InChI=1S/C82H56N4O2/c1-7-31-59(32-8-1)83(60-33-9-2-10-34-60)65-43-27-29-57(53-65)77-55-71-79(87-77)82(69-47-21-25-51-75(69)86(64-41-17-6-18-42-64)76-52-26-22-48-70(76)82)72-56-78(58-30-28-44-66(54-58)84(61-35-11-3-12-36-61)62-37-13-4-14-38-62)88-80(72)81(71)67-45-19-23-49-73(67)85(63-39-15-5-16-40-63)74-50-24-20-46-68(74)81/h1-56H. The average molecular weight is 1130 g/mol. The van der Waals surface area contributed by atoms with Gasteiger partial charge in [0.15, 0.2) is 0 Å². The summed E-state index contributed by atoms with van der Waals surface area (Å²) in [6.45, 7) is 0. The van der Waals surface area contributed by atoms with Gasteiger partial charge in [0, 0.05) is 67.8 Å². The maximum absolute atomic E-state index is 8.18. The molecule has 12 aromatic carbocycles. The van der Waals surface area contributed by atoms with Gasteiger partial charge >= 0.3 is 0 Å². The van der Waals surface area contributed by atoms with E-state index in [1.807, 2.05) is 0 Å². The third-order valence-corrected chi connectivity index (χ3v) is 18.0. The second-order valence-corrected chi connectivity index (χ2v) is 22.7. The minimum Gasteiger partial charge on any atom is -0.459 e. The Hall–Kier alpha value is -11.6. The van der Waals surface area contributed by atoms with Crippen LogP contribution < -0.4 is 19.6 Å². The van der Waals surface area contributed by atoms with Crippen LogP contribution in [-0.4, -0.2) is 0 Å². The van der Waals surface area contributed by atoms with Crippen molar-refractivity contribution in [3.63, 3.8) is 0 Å². The van der Waals surface area contributed by atoms with E-state index in [2.05, 4.69) is 359 Å². The van der Waals surface area contributed by atoms with Crippen LogP contribution in [0.3, 0.4) is 0 Å². The summed E-state index contributed by atoms with van der Waals surface area (Å²) in [5, 5.41) is 0. The van der Waals surface area contributed by atoms with E-state index in [-0.39, 0.29) is 0 Å². The van der Waals surface area contributed by atoms with Crippen LogP contribution in [-0.2, 0) is 10.8 Å². The molecule has 6 heteroatoms. The van der Waals surface area contributed by atoms with Crippen molar-refractivity contribution >= 4 is 68.2 Å². The first kappa shape index (κ1) is 50.9. The van der Waals surface area contributed by atoms with E-state index in [1.54, 1.807) is 0 Å². The molecule has 3 aliphatic rings. The van der Waals surface area contributed by atoms with Gasteiger partial charge in [-0.25, -0.2) is 0 Å². The van der Waals surface area contributed by atoms with E-state index in [0.717, 1.165) is 136 Å². The number of furan rings is 2. The monoisotopic (exact) mass is 1130 g/mol. The predicted molar refractivity (Wildman–Crippen MR) is 358 cm³/mol. The quantitative estimate of drug-likeness (QED) is 0.136. The topological polar surface area (TPSA) is 39.2 Å². The van der Waals surface area contributed by atoms with Crippen LogP contribution in [0.25, 0.3) is 22.6 Å². The normalized spacial score (nSPS) is 13.6. The molecule has 6 nitrogen and oxygen atoms in total. The van der Waals surface area contributed by atoms with Crippen molar-refractivity contribution in [2.75, 3.05) is 19.6 Å². The average Bonchev–Trinajstić information content (AvgIpc) is 1.17. The highest BCUT2D eigenvalue weighted by atomic mass is 16.4. The molecule has 14 aromatic rings. The molecule has 2 spiro atoms. The Morgan fingerprint density at radius 3 is 0.795 bits per heavy atom. The molecule has 0 saturated heterocycles. The molecule has 4 heterocycles. The third-order valence-electron chi connectivity index (χ3n) is 18.0. The van der Waals surface area contributed by atoms with Gasteiger partial charge in [0.25, 0.3) is 0 Å². The van der Waals surface area contributed by atoms with Gasteiger partial charge in [0.2, 0.25) is 0 Å². The SMILES string of the molecule is c1ccc(N(c2ccccc2)c2cccc(-c3cc4c(o3)C3(c5ccccc5N(c5ccccc5)c5ccccc53)c3cc(-c5cccc(N(c6ccccc6)c6ccccc6)c5)oc3C43c4ccccc4N(c4ccccc4)c4ccccc43)c2)cc1. The summed E-state index contributed by atoms with van der Waals surface area (Å²) in [6.07, 6.45) is 0. The van der Waals surface area contributed by atoms with Gasteiger partial charge in [-0.15, -0.1) is 0 Å². The van der Waals surface area contributed by atoms with Crippen molar-refractivity contribution in [2.45, 2.75) is 10.8 Å². The van der Waals surface area contributed by atoms with E-state index < -0.39 is 10.8 Å². The molecule has 0 atom stereocenters. The summed E-state index contributed by atoms with van der Waals surface area (Å²) >= 11 is 0. The van der Waals surface area contributed by atoms with Gasteiger partial charge in [-0.1, -0.05) is 206 Å². The Bertz CT molecular complexity index is 4360. The Balaban J connectivity index is 0.996. The number of nitrogens with zero attached hydrogens (tertiary/aromatic N) is 4. The van der Waals surface area contributed by atoms with Gasteiger partial charge in [-0.3, -0.25) is 0 Å². The molecule has 0 unspecified atom stereocenters. The summed E-state index contributed by atoms with van der Waals surface area (Å²) in [6, 6.07) is 122. The molecule has 0 radical (unpaired) electrons. The van der Waals surface area contributed by atoms with Crippen molar-refractivity contribution < 1.29 is 8.83 Å². The number of benzene rings is 12. The van der Waals surface area contributed by atoms with E-state index in [1.165, 1.54) is 0 Å². The highest BCUT2D eigenvalue weighted by Gasteiger charge is 2.63. The molecule has 0 N–H and O–H groups in total. The van der Waals surface area contributed by atoms with Gasteiger partial charge in [0.05, 0.1) is 22.7 Å². The van der Waals surface area contributed by atoms with Gasteiger partial charge < -0.3 is 28.4 Å². The zero-order chi connectivity index (χ0) is 58.2. The molecule has 0 amide bonds. The fraction of sp³-hybridized carbons (Fsp3) is 0.0244. The second kappa shape index (κ2) is 20.6. The fourth-order valence-electron chi connectivity index (χ4n) is 14.5. The van der Waals surface area contributed by atoms with Crippen LogP contribution in [0, 0.1) is 0 Å². The molecule has 0 bridgehead atoms. The van der Waals surface area contributed by atoms with E-state index in [9.17, 15) is 0 Å². The molecule has 0 fully saturated rings. The van der Waals surface area contributed by atoms with Crippen LogP contribution in [0.5, 0.6) is 0 Å². The van der Waals surface area contributed by atoms with Crippen LogP contribution in [0.4, 0.5) is 68.2 Å². The lowest BCUT2D eigenvalue weighted by Crippen LogP contribution is -2.48. The lowest BCUT2D eigenvalue weighted by molar-refractivity contribution is 0.400. The fourth-order valence-corrected chi connectivity index (χ4v) is 14.5. The van der Waals surface area contributed by atoms with Crippen molar-refractivity contribution in [3.05, 3.63) is 385 Å². The molecular weight excluding hydrogens is 1070 g/mol. The molecule has 17 rings (SSSR count). The number of fused-ring (bicyclic) bond motifs is 14. The number of hydrogen-bond donors (Lipinski definition) is 0. The molecule has 0 saturated carbocycles. The number of para-hydroxylation sites is 10. The second-order valence-electron chi connectivity index (χ2n) is 22.7. The van der Waals surface area contributed by atoms with Crippen LogP contribution >= 0.6 is 0 Å². The smallest absolute Gasteiger partial charge is 0.134 e. The van der Waals surface area contributed by atoms with Crippen LogP contribution in [0.15, 0.2) is 349 Å². The van der Waals surface area contributed by atoms with E-state index in [4.69, 9.17) is 8.83 Å². The zero-order valence-electron chi connectivity index (χ0n) is 47.9. The molecule has 2 aromatic heterocycles. The minimum absolute atomic E-state index is 0.743. The summed E-state index contributed by atoms with van der Waals surface area (Å²) in [5.41, 5.74) is 18.5. The first-order chi connectivity index (χ1) is 43.7. The summed E-state index contributed by atoms with van der Waals surface area (Å²) in [7, 11) is 0. The Labute approximate surface area is 512 Å². The molecule has 416 valence electrons. The molecule has 2 aliphatic heterocycles. The largest absolute Gasteiger partial charge is 0.459 e. The zero-order valence-corrected chi connectivity index (χ0v) is 47.9. The van der Waals surface area contributed by atoms with E-state index in [0.29, 0.717) is 0 Å². The first-order valence-electron chi connectivity index (χ1n) is 30.1. The minimum atomic E-state index is -1.09. The third kappa shape index (κ3) is 7.68. The predicted octanol–water partition coefficient (Wildman–Crippen LogP) is 21.8. The Morgan fingerprint density at radius 2 is 0.489 bits per heavy atom. The molecule has 88 heavy (non-hydrogen) atoms. The lowest BCUT2D eigenvalue weighted by Gasteiger charge is -2.52. The van der Waals surface area contributed by atoms with Crippen molar-refractivity contribution in [2.24, 2.45) is 0 Å². The van der Waals surface area contributed by atoms with E-state index >= 15 is 0 Å². The lowest BCUT2D eigenvalue weighted by atomic mass is 9.53. The maximum Gasteiger partial charge on any atom is 0.134 e. The molecular formula is C82H56N4O2. The molecule has 1 aliphatic carbocycles. The summed E-state index contributed by atoms with van der Waals surface area (Å²) < 4.78 is 16.4. The van der Waals surface area contributed by atoms with Gasteiger partial charge in [0.1, 0.15) is 33.9 Å². The van der Waals surface area contributed by atoms with Crippen molar-refractivity contribution in [1.82, 2.24) is 0 Å².